The molecule has 27 heavy (non-hydrogen) atoms. The lowest BCUT2D eigenvalue weighted by molar-refractivity contribution is 0.134. The number of hydrogen-bond donors (Lipinski definition) is 0. The number of benzene rings is 3. The molecule has 0 aliphatic carbocycles. The predicted octanol–water partition coefficient (Wildman–Crippen LogP) is 6.93. The van der Waals surface area contributed by atoms with Gasteiger partial charge in [-0.2, -0.15) is 0 Å². The molecule has 3 aromatic carbocycles. The average Bonchev–Trinajstić information content (AvgIpc) is 2.67. The molecule has 0 amide bonds. The summed E-state index contributed by atoms with van der Waals surface area (Å²) in [4.78, 5) is 2.32. The van der Waals surface area contributed by atoms with Crippen molar-refractivity contribution in [2.75, 3.05) is 11.5 Å². The van der Waals surface area contributed by atoms with E-state index in [2.05, 4.69) is 93.3 Å². The van der Waals surface area contributed by atoms with Crippen LogP contribution in [0.4, 0.5) is 17.1 Å². The summed E-state index contributed by atoms with van der Waals surface area (Å²) in [5, 5.41) is 0. The van der Waals surface area contributed by atoms with Crippen molar-refractivity contribution in [3.8, 4) is 0 Å². The van der Waals surface area contributed by atoms with E-state index in [1.807, 2.05) is 6.92 Å². The molecule has 0 radical (unpaired) electrons. The second-order valence-electron chi connectivity index (χ2n) is 7.18. The zero-order valence-electron chi connectivity index (χ0n) is 17.0. The first-order valence-electron chi connectivity index (χ1n) is 9.61. The quantitative estimate of drug-likeness (QED) is 0.473. The molecule has 0 unspecified atom stereocenters. The van der Waals surface area contributed by atoms with E-state index in [0.717, 1.165) is 12.3 Å². The number of ether oxygens (including phenoxy) is 1. The minimum absolute atomic E-state index is 0.657. The van der Waals surface area contributed by atoms with Gasteiger partial charge in [0.2, 0.25) is 0 Å². The Morgan fingerprint density at radius 1 is 0.630 bits per heavy atom. The van der Waals surface area contributed by atoms with Gasteiger partial charge in [-0.05, 0) is 98.8 Å². The third-order valence-electron chi connectivity index (χ3n) is 5.16. The number of nitrogens with zero attached hydrogens (tertiary/aromatic N) is 1. The van der Waals surface area contributed by atoms with Crippen LogP contribution in [0.15, 0.2) is 60.7 Å². The van der Waals surface area contributed by atoms with Gasteiger partial charge in [-0.25, -0.2) is 0 Å². The summed E-state index contributed by atoms with van der Waals surface area (Å²) in [5.41, 5.74) is 9.93. The molecule has 0 atom stereocenters. The summed E-state index contributed by atoms with van der Waals surface area (Å²) in [6, 6.07) is 22.0. The van der Waals surface area contributed by atoms with Crippen molar-refractivity contribution in [3.63, 3.8) is 0 Å². The van der Waals surface area contributed by atoms with Crippen LogP contribution in [0.2, 0.25) is 0 Å². The fourth-order valence-electron chi connectivity index (χ4n) is 3.14. The highest BCUT2D eigenvalue weighted by atomic mass is 16.5. The highest BCUT2D eigenvalue weighted by Gasteiger charge is 2.14. The van der Waals surface area contributed by atoms with Gasteiger partial charge in [-0.1, -0.05) is 24.3 Å². The largest absolute Gasteiger partial charge is 0.377 e. The number of aryl methyl sites for hydroxylation is 4. The first-order valence-corrected chi connectivity index (χ1v) is 9.61. The van der Waals surface area contributed by atoms with Gasteiger partial charge in [0.25, 0.3) is 0 Å². The van der Waals surface area contributed by atoms with Crippen molar-refractivity contribution in [1.82, 2.24) is 0 Å². The minimum Gasteiger partial charge on any atom is -0.377 e. The standard InChI is InChI=1S/C25H29NO/c1-6-27-17-22-9-13-23(14-10-22)26(24-11-7-18(2)20(4)15-24)25-12-8-19(3)21(5)16-25/h7-16H,6,17H2,1-5H3. The molecule has 0 fully saturated rings. The van der Waals surface area contributed by atoms with Gasteiger partial charge in [0.15, 0.2) is 0 Å². The van der Waals surface area contributed by atoms with Crippen LogP contribution in [0.5, 0.6) is 0 Å². The van der Waals surface area contributed by atoms with E-state index in [-0.39, 0.29) is 0 Å². The first-order chi connectivity index (χ1) is 13.0. The lowest BCUT2D eigenvalue weighted by Gasteiger charge is -2.27. The minimum atomic E-state index is 0.657. The topological polar surface area (TPSA) is 12.5 Å². The molecule has 0 bridgehead atoms. The molecule has 3 aromatic rings. The Bertz CT molecular complexity index is 861. The maximum absolute atomic E-state index is 5.53. The Kier molecular flexibility index (Phi) is 5.98. The van der Waals surface area contributed by atoms with E-state index in [9.17, 15) is 0 Å². The number of hydrogen-bond acceptors (Lipinski definition) is 2. The summed E-state index contributed by atoms with van der Waals surface area (Å²) < 4.78 is 5.53. The summed E-state index contributed by atoms with van der Waals surface area (Å²) in [6.45, 7) is 12.1. The normalized spacial score (nSPS) is 10.9. The summed E-state index contributed by atoms with van der Waals surface area (Å²) in [5.74, 6) is 0. The molecule has 0 spiro atoms. The third-order valence-corrected chi connectivity index (χ3v) is 5.16. The van der Waals surface area contributed by atoms with E-state index < -0.39 is 0 Å². The Hall–Kier alpha value is -2.58. The van der Waals surface area contributed by atoms with Gasteiger partial charge in [-0.15, -0.1) is 0 Å². The van der Waals surface area contributed by atoms with Crippen molar-refractivity contribution in [3.05, 3.63) is 88.5 Å². The molecular formula is C25H29NO. The number of rotatable bonds is 6. The second kappa shape index (κ2) is 8.41. The van der Waals surface area contributed by atoms with Crippen LogP contribution >= 0.6 is 0 Å². The maximum atomic E-state index is 5.53. The van der Waals surface area contributed by atoms with E-state index in [4.69, 9.17) is 4.74 Å². The van der Waals surface area contributed by atoms with E-state index in [1.165, 1.54) is 39.2 Å². The van der Waals surface area contributed by atoms with Crippen LogP contribution in [0.25, 0.3) is 0 Å². The SMILES string of the molecule is CCOCc1ccc(N(c2ccc(C)c(C)c2)c2ccc(C)c(C)c2)cc1. The molecule has 0 saturated carbocycles. The molecule has 0 aliphatic rings. The van der Waals surface area contributed by atoms with Crippen LogP contribution < -0.4 is 4.90 Å². The smallest absolute Gasteiger partial charge is 0.0716 e. The molecule has 2 nitrogen and oxygen atoms in total. The Balaban J connectivity index is 2.06. The summed E-state index contributed by atoms with van der Waals surface area (Å²) in [6.07, 6.45) is 0. The molecule has 0 aromatic heterocycles. The summed E-state index contributed by atoms with van der Waals surface area (Å²) >= 11 is 0. The van der Waals surface area contributed by atoms with Gasteiger partial charge >= 0.3 is 0 Å². The van der Waals surface area contributed by atoms with Crippen LogP contribution in [0, 0.1) is 27.7 Å². The molecule has 0 aliphatic heterocycles. The van der Waals surface area contributed by atoms with Crippen LogP contribution in [0.3, 0.4) is 0 Å². The lowest BCUT2D eigenvalue weighted by atomic mass is 10.1. The van der Waals surface area contributed by atoms with Gasteiger partial charge in [-0.3, -0.25) is 0 Å². The van der Waals surface area contributed by atoms with Gasteiger partial charge in [0.05, 0.1) is 6.61 Å². The van der Waals surface area contributed by atoms with E-state index >= 15 is 0 Å². The average molecular weight is 360 g/mol. The van der Waals surface area contributed by atoms with Crippen LogP contribution in [-0.4, -0.2) is 6.61 Å². The second-order valence-corrected chi connectivity index (χ2v) is 7.18. The van der Waals surface area contributed by atoms with Crippen molar-refractivity contribution in [2.45, 2.75) is 41.2 Å². The molecule has 0 saturated heterocycles. The maximum Gasteiger partial charge on any atom is 0.0716 e. The zero-order valence-corrected chi connectivity index (χ0v) is 17.0. The molecule has 2 heteroatoms. The van der Waals surface area contributed by atoms with Gasteiger partial charge in [0.1, 0.15) is 0 Å². The number of anilines is 3. The highest BCUT2D eigenvalue weighted by molar-refractivity contribution is 5.77. The van der Waals surface area contributed by atoms with Crippen molar-refractivity contribution in [1.29, 1.82) is 0 Å². The van der Waals surface area contributed by atoms with Gasteiger partial charge < -0.3 is 9.64 Å². The Morgan fingerprint density at radius 2 is 1.11 bits per heavy atom. The van der Waals surface area contributed by atoms with Crippen molar-refractivity contribution in [2.24, 2.45) is 0 Å². The van der Waals surface area contributed by atoms with Crippen molar-refractivity contribution < 1.29 is 4.74 Å². The molecular weight excluding hydrogens is 330 g/mol. The predicted molar refractivity (Wildman–Crippen MR) is 115 cm³/mol. The monoisotopic (exact) mass is 359 g/mol. The molecule has 140 valence electrons. The van der Waals surface area contributed by atoms with Crippen LogP contribution in [-0.2, 0) is 11.3 Å². The molecule has 0 N–H and O–H groups in total. The fraction of sp³-hybridized carbons (Fsp3) is 0.280. The molecule has 0 heterocycles. The van der Waals surface area contributed by atoms with Crippen LogP contribution in [0.1, 0.15) is 34.7 Å². The lowest BCUT2D eigenvalue weighted by Crippen LogP contribution is -2.11. The third kappa shape index (κ3) is 4.40. The highest BCUT2D eigenvalue weighted by Crippen LogP contribution is 2.36. The Morgan fingerprint density at radius 3 is 1.56 bits per heavy atom. The Labute approximate surface area is 163 Å². The van der Waals surface area contributed by atoms with Gasteiger partial charge in [0, 0.05) is 23.7 Å². The van der Waals surface area contributed by atoms with E-state index in [1.54, 1.807) is 0 Å². The zero-order chi connectivity index (χ0) is 19.4. The van der Waals surface area contributed by atoms with E-state index in [0.29, 0.717) is 6.61 Å². The molecule has 3 rings (SSSR count). The van der Waals surface area contributed by atoms with Crippen molar-refractivity contribution >= 4 is 17.1 Å². The summed E-state index contributed by atoms with van der Waals surface area (Å²) in [7, 11) is 0. The first kappa shape index (κ1) is 19.2. The fourth-order valence-corrected chi connectivity index (χ4v) is 3.14.